The molecule has 16 heavy (non-hydrogen) atoms. The third kappa shape index (κ3) is 7.00. The number of amides is 1. The summed E-state index contributed by atoms with van der Waals surface area (Å²) in [6.45, 7) is 4.62. The second-order valence-electron chi connectivity index (χ2n) is 3.34. The molecule has 0 rings (SSSR count). The molecule has 1 amide bonds. The first-order chi connectivity index (χ1) is 7.61. The van der Waals surface area contributed by atoms with Crippen molar-refractivity contribution in [1.29, 1.82) is 0 Å². The fourth-order valence-electron chi connectivity index (χ4n) is 1.18. The molecule has 0 aliphatic heterocycles. The Bertz CT molecular complexity index is 240. The number of carbonyl (C=O) groups excluding carboxylic acids is 1. The first-order valence-corrected chi connectivity index (χ1v) is 5.21. The molecular formula is C11H19NO4. The largest absolute Gasteiger partial charge is 0.481 e. The zero-order chi connectivity index (χ0) is 12.4. The molecule has 0 aromatic heterocycles. The fraction of sp³-hybridized carbons (Fsp3) is 0.636. The number of rotatable bonds is 9. The van der Waals surface area contributed by atoms with Crippen LogP contribution in [0, 0.1) is 0 Å². The summed E-state index contributed by atoms with van der Waals surface area (Å²) in [6.07, 6.45) is 2.61. The first-order valence-electron chi connectivity index (χ1n) is 5.21. The van der Waals surface area contributed by atoms with Crippen molar-refractivity contribution in [1.82, 2.24) is 4.90 Å². The first kappa shape index (κ1) is 14.6. The lowest BCUT2D eigenvalue weighted by atomic mass is 10.2. The predicted octanol–water partition coefficient (Wildman–Crippen LogP) is 0.902. The van der Waals surface area contributed by atoms with Crippen molar-refractivity contribution in [2.75, 3.05) is 26.8 Å². The van der Waals surface area contributed by atoms with E-state index in [0.717, 1.165) is 0 Å². The van der Waals surface area contributed by atoms with Crippen molar-refractivity contribution >= 4 is 11.9 Å². The zero-order valence-corrected chi connectivity index (χ0v) is 9.65. The Hall–Kier alpha value is -1.36. The summed E-state index contributed by atoms with van der Waals surface area (Å²) in [7, 11) is 1.55. The number of ether oxygens (including phenoxy) is 1. The lowest BCUT2D eigenvalue weighted by Crippen LogP contribution is -2.35. The molecule has 0 fully saturated rings. The van der Waals surface area contributed by atoms with Gasteiger partial charge in [-0.15, -0.1) is 6.58 Å². The number of carboxylic acids is 1. The molecule has 0 bridgehead atoms. The zero-order valence-electron chi connectivity index (χ0n) is 9.65. The van der Waals surface area contributed by atoms with Gasteiger partial charge in [0.1, 0.15) is 0 Å². The van der Waals surface area contributed by atoms with E-state index in [2.05, 4.69) is 6.58 Å². The van der Waals surface area contributed by atoms with Crippen LogP contribution in [0.25, 0.3) is 0 Å². The Balaban J connectivity index is 4.10. The summed E-state index contributed by atoms with van der Waals surface area (Å²) in [4.78, 5) is 23.6. The van der Waals surface area contributed by atoms with Gasteiger partial charge >= 0.3 is 5.97 Å². The molecule has 1 N–H and O–H groups in total. The molecule has 0 aliphatic carbocycles. The molecule has 92 valence electrons. The molecule has 5 heteroatoms. The standard InChI is InChI=1S/C11H19NO4/c1-3-4-5-10(13)12(8-9-16-2)7-6-11(14)15/h3H,1,4-9H2,2H3,(H,14,15). The number of carbonyl (C=O) groups is 2. The van der Waals surface area contributed by atoms with Crippen molar-refractivity contribution in [3.05, 3.63) is 12.7 Å². The van der Waals surface area contributed by atoms with Gasteiger partial charge in [0.05, 0.1) is 13.0 Å². The predicted molar refractivity (Wildman–Crippen MR) is 60.1 cm³/mol. The van der Waals surface area contributed by atoms with E-state index in [1.165, 1.54) is 4.90 Å². The summed E-state index contributed by atoms with van der Waals surface area (Å²) in [5.41, 5.74) is 0. The van der Waals surface area contributed by atoms with E-state index in [1.54, 1.807) is 13.2 Å². The van der Waals surface area contributed by atoms with E-state index < -0.39 is 5.97 Å². The van der Waals surface area contributed by atoms with Crippen molar-refractivity contribution in [2.45, 2.75) is 19.3 Å². The minimum Gasteiger partial charge on any atom is -0.481 e. The van der Waals surface area contributed by atoms with Crippen LogP contribution in [0.2, 0.25) is 0 Å². The van der Waals surface area contributed by atoms with Crippen LogP contribution >= 0.6 is 0 Å². The SMILES string of the molecule is C=CCCC(=O)N(CCOC)CCC(=O)O. The smallest absolute Gasteiger partial charge is 0.305 e. The van der Waals surface area contributed by atoms with E-state index in [-0.39, 0.29) is 18.9 Å². The maximum atomic E-state index is 11.7. The van der Waals surface area contributed by atoms with Crippen LogP contribution in [0.1, 0.15) is 19.3 Å². The lowest BCUT2D eigenvalue weighted by molar-refractivity contribution is -0.138. The third-order valence-corrected chi connectivity index (χ3v) is 2.08. The van der Waals surface area contributed by atoms with Gasteiger partial charge in [-0.05, 0) is 6.42 Å². The molecule has 0 aromatic rings. The lowest BCUT2D eigenvalue weighted by Gasteiger charge is -2.21. The van der Waals surface area contributed by atoms with Gasteiger partial charge in [-0.3, -0.25) is 9.59 Å². The highest BCUT2D eigenvalue weighted by atomic mass is 16.5. The molecule has 0 spiro atoms. The van der Waals surface area contributed by atoms with Crippen LogP contribution in [-0.2, 0) is 14.3 Å². The fourth-order valence-corrected chi connectivity index (χ4v) is 1.18. The summed E-state index contributed by atoms with van der Waals surface area (Å²) in [6, 6.07) is 0. The van der Waals surface area contributed by atoms with Gasteiger partial charge in [0.2, 0.25) is 5.91 Å². The van der Waals surface area contributed by atoms with Crippen molar-refractivity contribution < 1.29 is 19.4 Å². The van der Waals surface area contributed by atoms with E-state index >= 15 is 0 Å². The Labute approximate surface area is 95.7 Å². The second-order valence-corrected chi connectivity index (χ2v) is 3.34. The van der Waals surface area contributed by atoms with Gasteiger partial charge < -0.3 is 14.7 Å². The average Bonchev–Trinajstić information content (AvgIpc) is 2.25. The van der Waals surface area contributed by atoms with Crippen molar-refractivity contribution in [2.24, 2.45) is 0 Å². The van der Waals surface area contributed by atoms with E-state index in [4.69, 9.17) is 9.84 Å². The molecular weight excluding hydrogens is 210 g/mol. The topological polar surface area (TPSA) is 66.8 Å². The van der Waals surface area contributed by atoms with Gasteiger partial charge in [-0.1, -0.05) is 6.08 Å². The van der Waals surface area contributed by atoms with Gasteiger partial charge in [0.15, 0.2) is 0 Å². The molecule has 0 heterocycles. The van der Waals surface area contributed by atoms with Crippen LogP contribution in [0.4, 0.5) is 0 Å². The number of nitrogens with zero attached hydrogens (tertiary/aromatic N) is 1. The maximum Gasteiger partial charge on any atom is 0.305 e. The molecule has 0 saturated carbocycles. The highest BCUT2D eigenvalue weighted by Gasteiger charge is 2.13. The van der Waals surface area contributed by atoms with Crippen LogP contribution in [0.3, 0.4) is 0 Å². The highest BCUT2D eigenvalue weighted by Crippen LogP contribution is 2.00. The molecule has 5 nitrogen and oxygen atoms in total. The maximum absolute atomic E-state index is 11.7. The molecule has 0 unspecified atom stereocenters. The van der Waals surface area contributed by atoms with Crippen LogP contribution in [-0.4, -0.2) is 48.7 Å². The van der Waals surface area contributed by atoms with Crippen molar-refractivity contribution in [3.8, 4) is 0 Å². The molecule has 0 radical (unpaired) electrons. The molecule has 0 saturated heterocycles. The van der Waals surface area contributed by atoms with Crippen LogP contribution in [0.5, 0.6) is 0 Å². The van der Waals surface area contributed by atoms with Gasteiger partial charge in [0, 0.05) is 26.6 Å². The Morgan fingerprint density at radius 2 is 2.06 bits per heavy atom. The second kappa shape index (κ2) is 8.91. The molecule has 0 aliphatic rings. The third-order valence-electron chi connectivity index (χ3n) is 2.08. The quantitative estimate of drug-likeness (QED) is 0.596. The van der Waals surface area contributed by atoms with E-state index in [9.17, 15) is 9.59 Å². The average molecular weight is 229 g/mol. The Kier molecular flexibility index (Phi) is 8.15. The number of methoxy groups -OCH3 is 1. The van der Waals surface area contributed by atoms with Crippen LogP contribution < -0.4 is 0 Å². The summed E-state index contributed by atoms with van der Waals surface area (Å²) in [5, 5.41) is 8.56. The van der Waals surface area contributed by atoms with Gasteiger partial charge in [-0.25, -0.2) is 0 Å². The molecule has 0 aromatic carbocycles. The van der Waals surface area contributed by atoms with Gasteiger partial charge in [0.25, 0.3) is 0 Å². The normalized spacial score (nSPS) is 9.81. The Morgan fingerprint density at radius 3 is 2.56 bits per heavy atom. The van der Waals surface area contributed by atoms with Crippen LogP contribution in [0.15, 0.2) is 12.7 Å². The number of aliphatic carboxylic acids is 1. The minimum atomic E-state index is -0.904. The highest BCUT2D eigenvalue weighted by molar-refractivity contribution is 5.77. The monoisotopic (exact) mass is 229 g/mol. The van der Waals surface area contributed by atoms with E-state index in [1.807, 2.05) is 0 Å². The summed E-state index contributed by atoms with van der Waals surface area (Å²) >= 11 is 0. The Morgan fingerprint density at radius 1 is 1.38 bits per heavy atom. The number of hydrogen-bond donors (Lipinski definition) is 1. The van der Waals surface area contributed by atoms with E-state index in [0.29, 0.717) is 26.0 Å². The van der Waals surface area contributed by atoms with Gasteiger partial charge in [-0.2, -0.15) is 0 Å². The molecule has 0 atom stereocenters. The summed E-state index contributed by atoms with van der Waals surface area (Å²) < 4.78 is 4.87. The number of hydrogen-bond acceptors (Lipinski definition) is 3. The minimum absolute atomic E-state index is 0.0382. The number of allylic oxidation sites excluding steroid dienone is 1. The summed E-state index contributed by atoms with van der Waals surface area (Å²) in [5.74, 6) is -0.961. The van der Waals surface area contributed by atoms with Crippen molar-refractivity contribution in [3.63, 3.8) is 0 Å². The number of carboxylic acid groups (broad SMARTS) is 1.